The lowest BCUT2D eigenvalue weighted by atomic mass is 10.0. The molecule has 0 bridgehead atoms. The Morgan fingerprint density at radius 2 is 2.14 bits per heavy atom. The highest BCUT2D eigenvalue weighted by atomic mass is 32.1. The van der Waals surface area contributed by atoms with Gasteiger partial charge in [-0.3, -0.25) is 0 Å². The second-order valence-electron chi connectivity index (χ2n) is 5.60. The van der Waals surface area contributed by atoms with E-state index in [1.54, 1.807) is 16.2 Å². The molecule has 3 rings (SSSR count). The quantitative estimate of drug-likeness (QED) is 0.819. The minimum absolute atomic E-state index is 0.0558. The third-order valence-electron chi connectivity index (χ3n) is 4.33. The van der Waals surface area contributed by atoms with E-state index < -0.39 is 18.1 Å². The van der Waals surface area contributed by atoms with Crippen LogP contribution in [0.3, 0.4) is 0 Å². The molecular formula is C14H18N2O4S. The third kappa shape index (κ3) is 2.40. The number of thiophene rings is 1. The number of urea groups is 1. The molecule has 0 spiro atoms. The van der Waals surface area contributed by atoms with E-state index in [2.05, 4.69) is 0 Å². The molecule has 0 radical (unpaired) electrons. The van der Waals surface area contributed by atoms with Gasteiger partial charge in [-0.25, -0.2) is 9.59 Å². The van der Waals surface area contributed by atoms with E-state index in [-0.39, 0.29) is 25.0 Å². The van der Waals surface area contributed by atoms with Gasteiger partial charge in [-0.05, 0) is 30.4 Å². The van der Waals surface area contributed by atoms with Crippen molar-refractivity contribution in [3.8, 4) is 0 Å². The number of likely N-dealkylation sites (tertiary alicyclic amines) is 1. The second-order valence-corrected chi connectivity index (χ2v) is 6.60. The molecule has 114 valence electrons. The largest absolute Gasteiger partial charge is 0.480 e. The third-order valence-corrected chi connectivity index (χ3v) is 5.33. The monoisotopic (exact) mass is 310 g/mol. The molecule has 1 aromatic rings. The van der Waals surface area contributed by atoms with E-state index in [9.17, 15) is 19.8 Å². The summed E-state index contributed by atoms with van der Waals surface area (Å²) >= 11 is 1.70. The van der Waals surface area contributed by atoms with Crippen molar-refractivity contribution in [1.29, 1.82) is 0 Å². The summed E-state index contributed by atoms with van der Waals surface area (Å²) in [4.78, 5) is 28.2. The molecule has 0 aliphatic carbocycles. The van der Waals surface area contributed by atoms with E-state index in [1.165, 1.54) is 9.78 Å². The van der Waals surface area contributed by atoms with Gasteiger partial charge in [-0.1, -0.05) is 0 Å². The summed E-state index contributed by atoms with van der Waals surface area (Å²) in [6.07, 6.45) is 0.149. The number of carboxylic acid groups (broad SMARTS) is 1. The number of hydrogen-bond donors (Lipinski definition) is 2. The Balaban J connectivity index is 1.81. The van der Waals surface area contributed by atoms with Gasteiger partial charge in [0, 0.05) is 24.4 Å². The highest BCUT2D eigenvalue weighted by molar-refractivity contribution is 7.10. The van der Waals surface area contributed by atoms with Crippen molar-refractivity contribution in [3.05, 3.63) is 21.9 Å². The SMILES string of the molecule is CC1c2ccsc2CCN1C(=O)N1CC(O)C[C@H]1C(=O)O. The van der Waals surface area contributed by atoms with Crippen molar-refractivity contribution in [2.75, 3.05) is 13.1 Å². The fraction of sp³-hybridized carbons (Fsp3) is 0.571. The first-order chi connectivity index (χ1) is 9.99. The second kappa shape index (κ2) is 5.31. The molecule has 0 saturated carbocycles. The topological polar surface area (TPSA) is 81.1 Å². The number of aliphatic carboxylic acids is 1. The van der Waals surface area contributed by atoms with E-state index in [4.69, 9.17) is 0 Å². The first-order valence-corrected chi connectivity index (χ1v) is 7.91. The Bertz CT molecular complexity index is 573. The summed E-state index contributed by atoms with van der Waals surface area (Å²) in [5.74, 6) is -1.05. The maximum atomic E-state index is 12.7. The average molecular weight is 310 g/mol. The van der Waals surface area contributed by atoms with E-state index in [0.717, 1.165) is 12.0 Å². The number of rotatable bonds is 1. The molecule has 2 N–H and O–H groups in total. The van der Waals surface area contributed by atoms with Crippen LogP contribution in [-0.4, -0.2) is 57.2 Å². The standard InChI is InChI=1S/C14H18N2O4S/c1-8-10-3-5-21-12(10)2-4-15(8)14(20)16-7-9(17)6-11(16)13(18)19/h3,5,8-9,11,17H,2,4,6-7H2,1H3,(H,18,19)/t8?,9?,11-/m0/s1. The van der Waals surface area contributed by atoms with Crippen LogP contribution in [0.4, 0.5) is 4.79 Å². The number of β-amino-alcohol motifs (C(OH)–C–C–N with tert-alkyl or cyclic N) is 1. The first kappa shape index (κ1) is 14.3. The van der Waals surface area contributed by atoms with Crippen LogP contribution in [0.25, 0.3) is 0 Å². The number of carbonyl (C=O) groups is 2. The number of amides is 2. The minimum atomic E-state index is -1.05. The summed E-state index contributed by atoms with van der Waals surface area (Å²) in [6.45, 7) is 2.65. The summed E-state index contributed by atoms with van der Waals surface area (Å²) in [7, 11) is 0. The molecule has 1 aromatic heterocycles. The average Bonchev–Trinajstić information content (AvgIpc) is 3.05. The zero-order valence-corrected chi connectivity index (χ0v) is 12.5. The van der Waals surface area contributed by atoms with Crippen molar-refractivity contribution >= 4 is 23.3 Å². The lowest BCUT2D eigenvalue weighted by Crippen LogP contribution is -2.50. The molecule has 3 atom stereocenters. The maximum absolute atomic E-state index is 12.7. The van der Waals surface area contributed by atoms with Gasteiger partial charge in [-0.15, -0.1) is 11.3 Å². The number of carboxylic acids is 1. The van der Waals surface area contributed by atoms with Crippen LogP contribution in [0.5, 0.6) is 0 Å². The molecule has 21 heavy (non-hydrogen) atoms. The van der Waals surface area contributed by atoms with Gasteiger partial charge in [-0.2, -0.15) is 0 Å². The van der Waals surface area contributed by atoms with Crippen LogP contribution >= 0.6 is 11.3 Å². The molecule has 1 fully saturated rings. The van der Waals surface area contributed by atoms with Gasteiger partial charge in [0.2, 0.25) is 0 Å². The predicted molar refractivity (Wildman–Crippen MR) is 77.3 cm³/mol. The lowest BCUT2D eigenvalue weighted by molar-refractivity contribution is -0.141. The summed E-state index contributed by atoms with van der Waals surface area (Å²) in [5, 5.41) is 20.9. The Hall–Kier alpha value is -1.60. The van der Waals surface area contributed by atoms with Gasteiger partial charge in [0.25, 0.3) is 0 Å². The Kier molecular flexibility index (Phi) is 3.62. The van der Waals surface area contributed by atoms with Gasteiger partial charge in [0.05, 0.1) is 12.1 Å². The zero-order valence-electron chi connectivity index (χ0n) is 11.7. The molecule has 3 heterocycles. The maximum Gasteiger partial charge on any atom is 0.326 e. The molecule has 1 saturated heterocycles. The highest BCUT2D eigenvalue weighted by Crippen LogP contribution is 2.34. The van der Waals surface area contributed by atoms with Crippen molar-refractivity contribution in [2.45, 2.75) is 38.0 Å². The molecule has 2 amide bonds. The fourth-order valence-corrected chi connectivity index (χ4v) is 4.16. The van der Waals surface area contributed by atoms with Gasteiger partial charge in [0.15, 0.2) is 0 Å². The van der Waals surface area contributed by atoms with E-state index in [1.807, 2.05) is 18.4 Å². The summed E-state index contributed by atoms with van der Waals surface area (Å²) in [6, 6.07) is 0.754. The van der Waals surface area contributed by atoms with Crippen LogP contribution in [0.15, 0.2) is 11.4 Å². The van der Waals surface area contributed by atoms with E-state index >= 15 is 0 Å². The Labute approximate surface area is 126 Å². The number of carbonyl (C=O) groups excluding carboxylic acids is 1. The minimum Gasteiger partial charge on any atom is -0.480 e. The molecular weight excluding hydrogens is 292 g/mol. The van der Waals surface area contributed by atoms with Crippen molar-refractivity contribution in [2.24, 2.45) is 0 Å². The number of aliphatic hydroxyl groups excluding tert-OH is 1. The first-order valence-electron chi connectivity index (χ1n) is 7.03. The Morgan fingerprint density at radius 1 is 1.38 bits per heavy atom. The van der Waals surface area contributed by atoms with Gasteiger partial charge in [0.1, 0.15) is 6.04 Å². The van der Waals surface area contributed by atoms with Crippen LogP contribution < -0.4 is 0 Å². The van der Waals surface area contributed by atoms with Crippen molar-refractivity contribution in [1.82, 2.24) is 9.80 Å². The zero-order chi connectivity index (χ0) is 15.1. The van der Waals surface area contributed by atoms with Crippen molar-refractivity contribution < 1.29 is 19.8 Å². The number of nitrogens with zero attached hydrogens (tertiary/aromatic N) is 2. The smallest absolute Gasteiger partial charge is 0.326 e. The molecule has 7 heteroatoms. The predicted octanol–water partition coefficient (Wildman–Crippen LogP) is 1.31. The molecule has 2 unspecified atom stereocenters. The van der Waals surface area contributed by atoms with Crippen molar-refractivity contribution in [3.63, 3.8) is 0 Å². The molecule has 0 aromatic carbocycles. The van der Waals surface area contributed by atoms with Gasteiger partial charge >= 0.3 is 12.0 Å². The molecule has 2 aliphatic rings. The molecule has 2 aliphatic heterocycles. The summed E-state index contributed by atoms with van der Waals surface area (Å²) in [5.41, 5.74) is 1.14. The fourth-order valence-electron chi connectivity index (χ4n) is 3.20. The van der Waals surface area contributed by atoms with Crippen LogP contribution in [0.2, 0.25) is 0 Å². The van der Waals surface area contributed by atoms with Gasteiger partial charge < -0.3 is 20.0 Å². The van der Waals surface area contributed by atoms with E-state index in [0.29, 0.717) is 6.54 Å². The normalized spacial score (nSPS) is 28.6. The van der Waals surface area contributed by atoms with Crippen LogP contribution in [0.1, 0.15) is 29.8 Å². The number of hydrogen-bond acceptors (Lipinski definition) is 4. The lowest BCUT2D eigenvalue weighted by Gasteiger charge is -2.37. The molecule has 6 nitrogen and oxygen atoms in total. The van der Waals surface area contributed by atoms with Crippen LogP contribution in [0, 0.1) is 0 Å². The Morgan fingerprint density at radius 3 is 2.86 bits per heavy atom. The number of aliphatic hydroxyl groups is 1. The van der Waals surface area contributed by atoms with Crippen LogP contribution in [-0.2, 0) is 11.2 Å². The summed E-state index contributed by atoms with van der Waals surface area (Å²) < 4.78 is 0. The number of fused-ring (bicyclic) bond motifs is 1. The highest BCUT2D eigenvalue weighted by Gasteiger charge is 2.42.